The number of nitrogens with zero attached hydrogens (tertiary/aromatic N) is 4. The number of benzene rings is 7. The van der Waals surface area contributed by atoms with E-state index in [2.05, 4.69) is 138 Å². The Balaban J connectivity index is 1.15. The van der Waals surface area contributed by atoms with Gasteiger partial charge in [-0.25, -0.2) is 15.0 Å². The highest BCUT2D eigenvalue weighted by Gasteiger charge is 2.18. The van der Waals surface area contributed by atoms with E-state index in [4.69, 9.17) is 19.4 Å². The Hall–Kier alpha value is -6.63. The maximum atomic E-state index is 6.28. The topological polar surface area (TPSA) is 56.7 Å². The number of hydrogen-bond acceptors (Lipinski definition) is 5. The molecule has 11 aromatic rings. The third-order valence-corrected chi connectivity index (χ3v) is 11.0. The van der Waals surface area contributed by atoms with E-state index in [0.29, 0.717) is 17.5 Å². The molecule has 11 rings (SSSR count). The third-order valence-electron chi connectivity index (χ3n) is 9.85. The molecule has 0 aliphatic rings. The predicted molar refractivity (Wildman–Crippen MR) is 211 cm³/mol. The minimum atomic E-state index is 0.594. The molecule has 4 heterocycles. The number of fused-ring (bicyclic) bond motifs is 9. The van der Waals surface area contributed by atoms with Gasteiger partial charge in [0.05, 0.1) is 11.0 Å². The molecule has 0 atom stereocenters. The second-order valence-electron chi connectivity index (χ2n) is 12.8. The zero-order chi connectivity index (χ0) is 33.5. The van der Waals surface area contributed by atoms with Gasteiger partial charge in [-0.2, -0.15) is 0 Å². The van der Waals surface area contributed by atoms with Crippen molar-refractivity contribution in [2.75, 3.05) is 0 Å². The first-order chi connectivity index (χ1) is 25.2. The van der Waals surface area contributed by atoms with Crippen LogP contribution in [0.25, 0.3) is 104 Å². The van der Waals surface area contributed by atoms with Crippen LogP contribution in [0, 0.1) is 0 Å². The molecule has 0 aliphatic carbocycles. The molecule has 0 amide bonds. The Kier molecular flexibility index (Phi) is 6.05. The predicted octanol–water partition coefficient (Wildman–Crippen LogP) is 12.2. The van der Waals surface area contributed by atoms with Gasteiger partial charge in [-0.3, -0.25) is 0 Å². The lowest BCUT2D eigenvalue weighted by molar-refractivity contribution is 0.669. The van der Waals surface area contributed by atoms with Crippen molar-refractivity contribution in [2.45, 2.75) is 0 Å². The molecular formula is C45H26N4OS. The van der Waals surface area contributed by atoms with E-state index in [0.717, 1.165) is 55.3 Å². The quantitative estimate of drug-likeness (QED) is 0.187. The van der Waals surface area contributed by atoms with Crippen LogP contribution in [0.3, 0.4) is 0 Å². The van der Waals surface area contributed by atoms with E-state index in [1.165, 1.54) is 30.9 Å². The molecular weight excluding hydrogens is 645 g/mol. The average Bonchev–Trinajstić information content (AvgIpc) is 3.86. The second-order valence-corrected chi connectivity index (χ2v) is 13.9. The van der Waals surface area contributed by atoms with E-state index in [9.17, 15) is 0 Å². The first-order valence-electron chi connectivity index (χ1n) is 16.9. The van der Waals surface area contributed by atoms with Gasteiger partial charge in [0.15, 0.2) is 17.5 Å². The van der Waals surface area contributed by atoms with E-state index in [1.807, 2.05) is 24.3 Å². The van der Waals surface area contributed by atoms with Crippen LogP contribution in [0.1, 0.15) is 0 Å². The van der Waals surface area contributed by atoms with Crippen molar-refractivity contribution < 1.29 is 4.42 Å². The van der Waals surface area contributed by atoms with Gasteiger partial charge >= 0.3 is 0 Å². The Morgan fingerprint density at radius 2 is 0.961 bits per heavy atom. The molecule has 0 saturated heterocycles. The Morgan fingerprint density at radius 1 is 0.392 bits per heavy atom. The highest BCUT2D eigenvalue weighted by molar-refractivity contribution is 7.25. The lowest BCUT2D eigenvalue weighted by atomic mass is 10.1. The number of rotatable bonds is 4. The minimum absolute atomic E-state index is 0.594. The van der Waals surface area contributed by atoms with Crippen molar-refractivity contribution >= 4 is 75.3 Å². The smallest absolute Gasteiger partial charge is 0.164 e. The van der Waals surface area contributed by atoms with Gasteiger partial charge in [-0.05, 0) is 66.7 Å². The van der Waals surface area contributed by atoms with Crippen LogP contribution in [0.15, 0.2) is 162 Å². The molecule has 0 N–H and O–H groups in total. The molecule has 238 valence electrons. The SMILES string of the molecule is c1ccc(-n2c3ccccc3c3ccc(-c4nc(-c5ccc6c(c5)oc5ccccc56)nc(-c5ccc6sc7ccccc7c6c5)n4)cc32)cc1. The molecule has 5 nitrogen and oxygen atoms in total. The molecule has 0 bridgehead atoms. The summed E-state index contributed by atoms with van der Waals surface area (Å²) in [4.78, 5) is 15.5. The highest BCUT2D eigenvalue weighted by atomic mass is 32.1. The lowest BCUT2D eigenvalue weighted by Crippen LogP contribution is -2.00. The molecule has 4 aromatic heterocycles. The van der Waals surface area contributed by atoms with E-state index in [1.54, 1.807) is 11.3 Å². The standard InChI is InChI=1S/C45H26N4OS/c1-2-10-30(11-3-1)49-37-15-7-4-12-31(37)32-21-18-28(25-38(32)49)44-46-43(27-20-23-42-36(24-27)35-14-6-9-17-41(35)51-42)47-45(48-44)29-19-22-34-33-13-5-8-16-39(33)50-40(34)26-29/h1-26H. The Bertz CT molecular complexity index is 3150. The summed E-state index contributed by atoms with van der Waals surface area (Å²) in [6.07, 6.45) is 0. The fraction of sp³-hybridized carbons (Fsp3) is 0. The van der Waals surface area contributed by atoms with Crippen molar-refractivity contribution in [3.05, 3.63) is 158 Å². The van der Waals surface area contributed by atoms with E-state index in [-0.39, 0.29) is 0 Å². The third kappa shape index (κ3) is 4.43. The van der Waals surface area contributed by atoms with E-state index >= 15 is 0 Å². The number of para-hydroxylation sites is 3. The van der Waals surface area contributed by atoms with Gasteiger partial charge in [-0.1, -0.05) is 91.0 Å². The first kappa shape index (κ1) is 28.2. The molecule has 0 spiro atoms. The van der Waals surface area contributed by atoms with Crippen molar-refractivity contribution in [1.29, 1.82) is 0 Å². The Morgan fingerprint density at radius 3 is 1.78 bits per heavy atom. The van der Waals surface area contributed by atoms with Crippen LogP contribution >= 0.6 is 11.3 Å². The summed E-state index contributed by atoms with van der Waals surface area (Å²) in [5.74, 6) is 1.83. The summed E-state index contributed by atoms with van der Waals surface area (Å²) in [5, 5.41) is 6.98. The zero-order valence-corrected chi connectivity index (χ0v) is 27.9. The molecule has 51 heavy (non-hydrogen) atoms. The monoisotopic (exact) mass is 670 g/mol. The highest BCUT2D eigenvalue weighted by Crippen LogP contribution is 2.38. The summed E-state index contributed by atoms with van der Waals surface area (Å²) < 4.78 is 11.1. The van der Waals surface area contributed by atoms with E-state index < -0.39 is 0 Å². The number of furan rings is 1. The summed E-state index contributed by atoms with van der Waals surface area (Å²) in [7, 11) is 0. The van der Waals surface area contributed by atoms with Gasteiger partial charge in [0.25, 0.3) is 0 Å². The molecule has 0 saturated carbocycles. The maximum Gasteiger partial charge on any atom is 0.164 e. The van der Waals surface area contributed by atoms with Crippen LogP contribution in [0.5, 0.6) is 0 Å². The summed E-state index contributed by atoms with van der Waals surface area (Å²) >= 11 is 1.80. The van der Waals surface area contributed by atoms with Crippen LogP contribution < -0.4 is 0 Å². The molecule has 0 aliphatic heterocycles. The van der Waals surface area contributed by atoms with Crippen molar-refractivity contribution in [1.82, 2.24) is 19.5 Å². The summed E-state index contributed by atoms with van der Waals surface area (Å²) in [5.41, 5.74) is 7.75. The number of thiophene rings is 1. The van der Waals surface area contributed by atoms with Gasteiger partial charge in [-0.15, -0.1) is 11.3 Å². The maximum absolute atomic E-state index is 6.28. The van der Waals surface area contributed by atoms with Gasteiger partial charge < -0.3 is 8.98 Å². The normalized spacial score (nSPS) is 11.9. The first-order valence-corrected chi connectivity index (χ1v) is 17.8. The Labute approximate surface area is 295 Å². The fourth-order valence-corrected chi connectivity index (χ4v) is 8.54. The molecule has 0 fully saturated rings. The lowest BCUT2D eigenvalue weighted by Gasteiger charge is -2.10. The van der Waals surface area contributed by atoms with Gasteiger partial charge in [0.1, 0.15) is 11.2 Å². The van der Waals surface area contributed by atoms with Crippen LogP contribution in [-0.2, 0) is 0 Å². The molecule has 7 aromatic carbocycles. The summed E-state index contributed by atoms with van der Waals surface area (Å²) in [6.45, 7) is 0. The zero-order valence-electron chi connectivity index (χ0n) is 27.1. The molecule has 0 unspecified atom stereocenters. The molecule has 6 heteroatoms. The van der Waals surface area contributed by atoms with Crippen molar-refractivity contribution in [3.63, 3.8) is 0 Å². The number of aromatic nitrogens is 4. The fourth-order valence-electron chi connectivity index (χ4n) is 7.46. The van der Waals surface area contributed by atoms with Crippen LogP contribution in [-0.4, -0.2) is 19.5 Å². The average molecular weight is 671 g/mol. The van der Waals surface area contributed by atoms with Crippen LogP contribution in [0.2, 0.25) is 0 Å². The minimum Gasteiger partial charge on any atom is -0.456 e. The molecule has 0 radical (unpaired) electrons. The summed E-state index contributed by atoms with van der Waals surface area (Å²) in [6, 6.07) is 55.1. The number of hydrogen-bond donors (Lipinski definition) is 0. The van der Waals surface area contributed by atoms with Crippen molar-refractivity contribution in [3.8, 4) is 39.9 Å². The second kappa shape index (κ2) is 10.9. The van der Waals surface area contributed by atoms with Crippen LogP contribution in [0.4, 0.5) is 0 Å². The van der Waals surface area contributed by atoms with Crippen molar-refractivity contribution in [2.24, 2.45) is 0 Å². The van der Waals surface area contributed by atoms with Gasteiger partial charge in [0, 0.05) is 64.1 Å². The largest absolute Gasteiger partial charge is 0.456 e. The van der Waals surface area contributed by atoms with Gasteiger partial charge in [0.2, 0.25) is 0 Å².